The molecule has 0 N–H and O–H groups in total. The summed E-state index contributed by atoms with van der Waals surface area (Å²) in [6.45, 7) is 0. The van der Waals surface area contributed by atoms with Crippen molar-refractivity contribution < 1.29 is 4.92 Å². The molecular weight excluding hydrogens is 186 g/mol. The van der Waals surface area contributed by atoms with E-state index in [9.17, 15) is 10.1 Å². The lowest BCUT2D eigenvalue weighted by atomic mass is 10.2. The van der Waals surface area contributed by atoms with Gasteiger partial charge in [0.2, 0.25) is 0 Å². The Hall–Kier alpha value is -2.58. The molecule has 1 rings (SSSR count). The fourth-order valence-corrected chi connectivity index (χ4v) is 0.876. The average Bonchev–Trinajstić information content (AvgIpc) is 2.17. The summed E-state index contributed by atoms with van der Waals surface area (Å²) in [5, 5.41) is 22.1. The first-order valence-electron chi connectivity index (χ1n) is 3.42. The third-order valence-corrected chi connectivity index (χ3v) is 1.45. The standard InChI is InChI=1S/C7H3N5O2/c8-4-5-1-2-7(12(13)14)6(3-5)10-11-9/h1-3H. The molecule has 7 heteroatoms. The number of rotatable bonds is 2. The molecule has 0 aliphatic heterocycles. The van der Waals surface area contributed by atoms with E-state index in [2.05, 4.69) is 10.0 Å². The van der Waals surface area contributed by atoms with Crippen molar-refractivity contribution in [3.05, 3.63) is 44.3 Å². The predicted molar refractivity (Wildman–Crippen MR) is 46.6 cm³/mol. The number of benzene rings is 1. The van der Waals surface area contributed by atoms with Crippen LogP contribution in [0, 0.1) is 21.4 Å². The molecule has 14 heavy (non-hydrogen) atoms. The Morgan fingerprint density at radius 1 is 1.64 bits per heavy atom. The minimum absolute atomic E-state index is 0.156. The number of hydrogen-bond donors (Lipinski definition) is 0. The first-order valence-corrected chi connectivity index (χ1v) is 3.42. The molecule has 0 aliphatic carbocycles. The number of nitriles is 1. The second-order valence-electron chi connectivity index (χ2n) is 2.26. The van der Waals surface area contributed by atoms with Crippen LogP contribution in [0.5, 0.6) is 0 Å². The molecule has 0 unspecified atom stereocenters. The lowest BCUT2D eigenvalue weighted by Crippen LogP contribution is -1.88. The SMILES string of the molecule is N#Cc1ccc([N+](=O)[O-])c(N=[N+]=[N-])c1. The van der Waals surface area contributed by atoms with Gasteiger partial charge in [-0.1, -0.05) is 5.11 Å². The molecule has 0 spiro atoms. The van der Waals surface area contributed by atoms with E-state index in [1.54, 1.807) is 6.07 Å². The van der Waals surface area contributed by atoms with E-state index in [0.29, 0.717) is 0 Å². The topological polar surface area (TPSA) is 116 Å². The largest absolute Gasteiger partial charge is 0.279 e. The van der Waals surface area contributed by atoms with Crippen molar-refractivity contribution in [2.75, 3.05) is 0 Å². The molecule has 0 saturated carbocycles. The third kappa shape index (κ3) is 1.77. The smallest absolute Gasteiger partial charge is 0.258 e. The summed E-state index contributed by atoms with van der Waals surface area (Å²) < 4.78 is 0. The highest BCUT2D eigenvalue weighted by Crippen LogP contribution is 2.27. The van der Waals surface area contributed by atoms with Gasteiger partial charge in [-0.05, 0) is 17.7 Å². The Kier molecular flexibility index (Phi) is 2.64. The van der Waals surface area contributed by atoms with E-state index in [1.807, 2.05) is 0 Å². The van der Waals surface area contributed by atoms with Crippen molar-refractivity contribution in [2.24, 2.45) is 5.11 Å². The molecule has 1 aromatic rings. The molecule has 7 nitrogen and oxygen atoms in total. The Morgan fingerprint density at radius 3 is 2.86 bits per heavy atom. The number of nitro benzene ring substituents is 1. The average molecular weight is 189 g/mol. The van der Waals surface area contributed by atoms with E-state index in [-0.39, 0.29) is 16.9 Å². The number of azide groups is 1. The Balaban J connectivity index is 3.39. The summed E-state index contributed by atoms with van der Waals surface area (Å²) in [6, 6.07) is 5.36. The summed E-state index contributed by atoms with van der Waals surface area (Å²) in [4.78, 5) is 12.2. The summed E-state index contributed by atoms with van der Waals surface area (Å²) in [5.41, 5.74) is 7.88. The Labute approximate surface area is 78.0 Å². The van der Waals surface area contributed by atoms with Crippen molar-refractivity contribution >= 4 is 11.4 Å². The first-order chi connectivity index (χ1) is 6.69. The minimum Gasteiger partial charge on any atom is -0.258 e. The van der Waals surface area contributed by atoms with Gasteiger partial charge in [0.15, 0.2) is 0 Å². The van der Waals surface area contributed by atoms with Crippen LogP contribution in [0.15, 0.2) is 23.3 Å². The van der Waals surface area contributed by atoms with Crippen LogP contribution in [0.3, 0.4) is 0 Å². The maximum atomic E-state index is 10.4. The van der Waals surface area contributed by atoms with Crippen molar-refractivity contribution in [2.45, 2.75) is 0 Å². The summed E-state index contributed by atoms with van der Waals surface area (Å²) >= 11 is 0. The van der Waals surface area contributed by atoms with E-state index in [0.717, 1.165) is 12.1 Å². The van der Waals surface area contributed by atoms with Crippen molar-refractivity contribution in [1.82, 2.24) is 0 Å². The maximum absolute atomic E-state index is 10.4. The minimum atomic E-state index is -0.675. The zero-order valence-corrected chi connectivity index (χ0v) is 6.78. The highest BCUT2D eigenvalue weighted by Gasteiger charge is 2.12. The first kappa shape index (κ1) is 9.51. The van der Waals surface area contributed by atoms with E-state index >= 15 is 0 Å². The molecule has 0 heterocycles. The summed E-state index contributed by atoms with van der Waals surface area (Å²) in [6.07, 6.45) is 0. The second-order valence-corrected chi connectivity index (χ2v) is 2.26. The summed E-state index contributed by atoms with van der Waals surface area (Å²) in [7, 11) is 0. The number of hydrogen-bond acceptors (Lipinski definition) is 4. The van der Waals surface area contributed by atoms with E-state index in [1.165, 1.54) is 6.07 Å². The van der Waals surface area contributed by atoms with Gasteiger partial charge < -0.3 is 0 Å². The van der Waals surface area contributed by atoms with Gasteiger partial charge in [-0.2, -0.15) is 5.26 Å². The van der Waals surface area contributed by atoms with Crippen LogP contribution >= 0.6 is 0 Å². The van der Waals surface area contributed by atoms with E-state index < -0.39 is 4.92 Å². The molecule has 0 fully saturated rings. The normalized spacial score (nSPS) is 8.50. The van der Waals surface area contributed by atoms with Crippen LogP contribution in [-0.2, 0) is 0 Å². The van der Waals surface area contributed by atoms with Crippen LogP contribution in [-0.4, -0.2) is 4.92 Å². The lowest BCUT2D eigenvalue weighted by Gasteiger charge is -1.95. The highest BCUT2D eigenvalue weighted by molar-refractivity contribution is 5.60. The number of nitro groups is 1. The molecule has 68 valence electrons. The molecular formula is C7H3N5O2. The van der Waals surface area contributed by atoms with E-state index in [4.69, 9.17) is 10.8 Å². The maximum Gasteiger partial charge on any atom is 0.279 e. The van der Waals surface area contributed by atoms with Crippen LogP contribution < -0.4 is 0 Å². The Bertz CT molecular complexity index is 469. The van der Waals surface area contributed by atoms with Gasteiger partial charge in [-0.25, -0.2) is 0 Å². The van der Waals surface area contributed by atoms with Crippen LogP contribution in [0.25, 0.3) is 10.4 Å². The number of nitrogens with zero attached hydrogens (tertiary/aromatic N) is 5. The van der Waals surface area contributed by atoms with Crippen molar-refractivity contribution in [1.29, 1.82) is 5.26 Å². The van der Waals surface area contributed by atoms with Crippen molar-refractivity contribution in [3.8, 4) is 6.07 Å². The van der Waals surface area contributed by atoms with Crippen LogP contribution in [0.1, 0.15) is 5.56 Å². The Morgan fingerprint density at radius 2 is 2.36 bits per heavy atom. The van der Waals surface area contributed by atoms with Gasteiger partial charge >= 0.3 is 0 Å². The molecule has 0 radical (unpaired) electrons. The van der Waals surface area contributed by atoms with Gasteiger partial charge in [0.05, 0.1) is 16.6 Å². The molecule has 0 aromatic heterocycles. The summed E-state index contributed by atoms with van der Waals surface area (Å²) in [5.74, 6) is 0. The molecule has 0 aliphatic rings. The quantitative estimate of drug-likeness (QED) is 0.233. The fourth-order valence-electron chi connectivity index (χ4n) is 0.876. The van der Waals surface area contributed by atoms with Crippen LogP contribution in [0.2, 0.25) is 0 Å². The molecule has 0 amide bonds. The van der Waals surface area contributed by atoms with Crippen molar-refractivity contribution in [3.63, 3.8) is 0 Å². The molecule has 1 aromatic carbocycles. The van der Waals surface area contributed by atoms with Gasteiger partial charge in [0.25, 0.3) is 5.69 Å². The zero-order valence-electron chi connectivity index (χ0n) is 6.78. The molecule has 0 saturated heterocycles. The van der Waals surface area contributed by atoms with Gasteiger partial charge in [-0.15, -0.1) is 0 Å². The fraction of sp³-hybridized carbons (Fsp3) is 0. The van der Waals surface area contributed by atoms with Crippen LogP contribution in [0.4, 0.5) is 11.4 Å². The second kappa shape index (κ2) is 3.89. The predicted octanol–water partition coefficient (Wildman–Crippen LogP) is 2.41. The monoisotopic (exact) mass is 189 g/mol. The third-order valence-electron chi connectivity index (χ3n) is 1.45. The molecule has 0 atom stereocenters. The molecule has 0 bridgehead atoms. The van der Waals surface area contributed by atoms with Gasteiger partial charge in [0, 0.05) is 11.0 Å². The van der Waals surface area contributed by atoms with Gasteiger partial charge in [-0.3, -0.25) is 10.1 Å². The lowest BCUT2D eigenvalue weighted by molar-refractivity contribution is -0.384. The highest BCUT2D eigenvalue weighted by atomic mass is 16.6. The van der Waals surface area contributed by atoms with Gasteiger partial charge in [0.1, 0.15) is 5.69 Å². The zero-order chi connectivity index (χ0) is 10.6.